The average Bonchev–Trinajstić information content (AvgIpc) is 3.31. The zero-order chi connectivity index (χ0) is 21.4. The number of benzene rings is 2. The molecule has 0 aliphatic carbocycles. The Labute approximate surface area is 171 Å². The molecule has 0 radical (unpaired) electrons. The number of carbonyl (C=O) groups is 3. The maximum Gasteiger partial charge on any atom is 0.273 e. The molecule has 0 aromatic heterocycles. The molecule has 0 bridgehead atoms. The minimum absolute atomic E-state index is 0.121. The number of hydrogen-bond acceptors (Lipinski definition) is 6. The molecule has 0 spiro atoms. The van der Waals surface area contributed by atoms with Crippen LogP contribution in [0.25, 0.3) is 0 Å². The number of fused-ring (bicyclic) bond motifs is 1. The van der Waals surface area contributed by atoms with Gasteiger partial charge < -0.3 is 10.1 Å². The van der Waals surface area contributed by atoms with E-state index in [0.717, 1.165) is 12.8 Å². The highest BCUT2D eigenvalue weighted by Crippen LogP contribution is 2.28. The first-order valence-corrected chi connectivity index (χ1v) is 9.53. The number of hydrogen-bond donors (Lipinski definition) is 1. The van der Waals surface area contributed by atoms with E-state index in [1.165, 1.54) is 41.3 Å². The topological polar surface area (TPSA) is 119 Å². The summed E-state index contributed by atoms with van der Waals surface area (Å²) in [7, 11) is 0. The number of ether oxygens (including phenoxy) is 1. The molecule has 3 amide bonds. The molecular formula is C21H19N3O6. The van der Waals surface area contributed by atoms with E-state index in [9.17, 15) is 24.5 Å². The van der Waals surface area contributed by atoms with E-state index in [1.54, 1.807) is 6.92 Å². The lowest BCUT2D eigenvalue weighted by Crippen LogP contribution is -2.36. The van der Waals surface area contributed by atoms with Gasteiger partial charge in [0.05, 0.1) is 28.7 Å². The van der Waals surface area contributed by atoms with E-state index in [1.807, 2.05) is 0 Å². The van der Waals surface area contributed by atoms with Crippen LogP contribution >= 0.6 is 0 Å². The second-order valence-electron chi connectivity index (χ2n) is 7.33. The van der Waals surface area contributed by atoms with Crippen LogP contribution in [0.2, 0.25) is 0 Å². The van der Waals surface area contributed by atoms with Crippen LogP contribution in [0.1, 0.15) is 49.5 Å². The Kier molecular flexibility index (Phi) is 5.04. The fourth-order valence-corrected chi connectivity index (χ4v) is 3.68. The Morgan fingerprint density at radius 1 is 1.20 bits per heavy atom. The van der Waals surface area contributed by atoms with Gasteiger partial charge in [-0.2, -0.15) is 0 Å². The van der Waals surface area contributed by atoms with Crippen molar-refractivity contribution >= 4 is 29.1 Å². The van der Waals surface area contributed by atoms with Crippen molar-refractivity contribution in [2.75, 3.05) is 18.5 Å². The molecule has 1 unspecified atom stereocenters. The van der Waals surface area contributed by atoms with E-state index >= 15 is 0 Å². The van der Waals surface area contributed by atoms with Gasteiger partial charge in [0.1, 0.15) is 0 Å². The summed E-state index contributed by atoms with van der Waals surface area (Å²) in [5, 5.41) is 13.7. The Bertz CT molecular complexity index is 1070. The van der Waals surface area contributed by atoms with Gasteiger partial charge in [-0.15, -0.1) is 0 Å². The van der Waals surface area contributed by atoms with Gasteiger partial charge in [0, 0.05) is 29.5 Å². The van der Waals surface area contributed by atoms with Gasteiger partial charge in [0.25, 0.3) is 23.4 Å². The van der Waals surface area contributed by atoms with Crippen LogP contribution in [-0.2, 0) is 4.74 Å². The largest absolute Gasteiger partial charge is 0.376 e. The summed E-state index contributed by atoms with van der Waals surface area (Å²) in [6, 6.07) is 8.67. The molecule has 0 saturated carbocycles. The third-order valence-electron chi connectivity index (χ3n) is 5.31. The predicted molar refractivity (Wildman–Crippen MR) is 107 cm³/mol. The summed E-state index contributed by atoms with van der Waals surface area (Å²) in [4.78, 5) is 49.6. The Hall–Kier alpha value is -3.59. The van der Waals surface area contributed by atoms with E-state index in [0.29, 0.717) is 17.9 Å². The zero-order valence-corrected chi connectivity index (χ0v) is 16.2. The van der Waals surface area contributed by atoms with Gasteiger partial charge in [-0.25, -0.2) is 0 Å². The maximum absolute atomic E-state index is 12.7. The minimum Gasteiger partial charge on any atom is -0.376 e. The minimum atomic E-state index is -0.550. The van der Waals surface area contributed by atoms with Gasteiger partial charge in [0.15, 0.2) is 0 Å². The summed E-state index contributed by atoms with van der Waals surface area (Å²) < 4.78 is 5.52. The fraction of sp³-hybridized carbons (Fsp3) is 0.286. The lowest BCUT2D eigenvalue weighted by Gasteiger charge is -2.17. The zero-order valence-electron chi connectivity index (χ0n) is 16.2. The van der Waals surface area contributed by atoms with Crippen LogP contribution < -0.4 is 5.32 Å². The van der Waals surface area contributed by atoms with Gasteiger partial charge >= 0.3 is 0 Å². The molecule has 2 aliphatic rings. The molecule has 2 aromatic carbocycles. The monoisotopic (exact) mass is 409 g/mol. The first kappa shape index (κ1) is 19.7. The molecule has 1 N–H and O–H groups in total. The average molecular weight is 409 g/mol. The van der Waals surface area contributed by atoms with Gasteiger partial charge in [0.2, 0.25) is 0 Å². The molecule has 4 rings (SSSR count). The van der Waals surface area contributed by atoms with Crippen LogP contribution in [0.4, 0.5) is 11.4 Å². The molecule has 9 nitrogen and oxygen atoms in total. The van der Waals surface area contributed by atoms with Crippen molar-refractivity contribution in [1.29, 1.82) is 0 Å². The van der Waals surface area contributed by atoms with E-state index in [4.69, 9.17) is 4.74 Å². The van der Waals surface area contributed by atoms with Gasteiger partial charge in [-0.05, 0) is 44.0 Å². The second-order valence-corrected chi connectivity index (χ2v) is 7.33. The summed E-state index contributed by atoms with van der Waals surface area (Å²) in [5.74, 6) is -1.35. The first-order valence-electron chi connectivity index (χ1n) is 9.53. The van der Waals surface area contributed by atoms with Crippen molar-refractivity contribution in [3.63, 3.8) is 0 Å². The highest BCUT2D eigenvalue weighted by molar-refractivity contribution is 6.22. The Morgan fingerprint density at radius 2 is 1.97 bits per heavy atom. The smallest absolute Gasteiger partial charge is 0.273 e. The number of carbonyl (C=O) groups excluding carboxylic acids is 3. The van der Waals surface area contributed by atoms with Crippen LogP contribution in [0, 0.1) is 17.0 Å². The molecule has 9 heteroatoms. The molecule has 30 heavy (non-hydrogen) atoms. The number of nitrogens with zero attached hydrogens (tertiary/aromatic N) is 2. The Morgan fingerprint density at radius 3 is 2.67 bits per heavy atom. The molecule has 2 aliphatic heterocycles. The number of aryl methyl sites for hydroxylation is 1. The summed E-state index contributed by atoms with van der Waals surface area (Å²) in [6.45, 7) is 2.42. The summed E-state index contributed by atoms with van der Waals surface area (Å²) in [6.07, 6.45) is 1.56. The van der Waals surface area contributed by atoms with Crippen molar-refractivity contribution < 1.29 is 24.0 Å². The first-order chi connectivity index (χ1) is 14.3. The number of nitro groups is 1. The van der Waals surface area contributed by atoms with Gasteiger partial charge in [-0.3, -0.25) is 29.4 Å². The second kappa shape index (κ2) is 7.68. The number of rotatable bonds is 5. The predicted octanol–water partition coefficient (Wildman–Crippen LogP) is 2.93. The summed E-state index contributed by atoms with van der Waals surface area (Å²) in [5.41, 5.74) is 1.23. The van der Waals surface area contributed by atoms with Crippen LogP contribution in [0.5, 0.6) is 0 Å². The number of amides is 3. The van der Waals surface area contributed by atoms with E-state index in [-0.39, 0.29) is 40.9 Å². The van der Waals surface area contributed by atoms with E-state index in [2.05, 4.69) is 5.32 Å². The number of anilines is 1. The third-order valence-corrected chi connectivity index (χ3v) is 5.31. The fourth-order valence-electron chi connectivity index (χ4n) is 3.68. The van der Waals surface area contributed by atoms with Crippen LogP contribution in [0.15, 0.2) is 36.4 Å². The highest BCUT2D eigenvalue weighted by atomic mass is 16.6. The number of nitro benzene ring substituents is 1. The lowest BCUT2D eigenvalue weighted by atomic mass is 10.1. The van der Waals surface area contributed by atoms with Crippen molar-refractivity contribution in [1.82, 2.24) is 4.90 Å². The maximum atomic E-state index is 12.7. The van der Waals surface area contributed by atoms with E-state index < -0.39 is 16.7 Å². The molecule has 1 fully saturated rings. The van der Waals surface area contributed by atoms with Crippen molar-refractivity contribution in [3.8, 4) is 0 Å². The standard InChI is InChI=1S/C21H19N3O6/c1-12-4-5-13(9-18(12)24(28)29)19(25)22-14-6-7-16-17(10-14)21(27)23(20(16)26)11-15-3-2-8-30-15/h4-7,9-10,15H,2-3,8,11H2,1H3,(H,22,25). The number of imide groups is 1. The molecule has 1 saturated heterocycles. The van der Waals surface area contributed by atoms with Crippen molar-refractivity contribution in [3.05, 3.63) is 68.8 Å². The third kappa shape index (κ3) is 3.55. The quantitative estimate of drug-likeness (QED) is 0.461. The molecule has 1 atom stereocenters. The van der Waals surface area contributed by atoms with Crippen molar-refractivity contribution in [2.24, 2.45) is 0 Å². The highest BCUT2D eigenvalue weighted by Gasteiger charge is 2.37. The SMILES string of the molecule is Cc1ccc(C(=O)Nc2ccc3c(c2)C(=O)N(CC2CCCO2)C3=O)cc1[N+](=O)[O-]. The molecular weight excluding hydrogens is 390 g/mol. The van der Waals surface area contributed by atoms with Crippen molar-refractivity contribution in [2.45, 2.75) is 25.9 Å². The van der Waals surface area contributed by atoms with Gasteiger partial charge in [-0.1, -0.05) is 6.07 Å². The number of nitrogens with one attached hydrogen (secondary N) is 1. The lowest BCUT2D eigenvalue weighted by molar-refractivity contribution is -0.385. The van der Waals surface area contributed by atoms with Crippen LogP contribution in [0.3, 0.4) is 0 Å². The molecule has 2 heterocycles. The molecule has 2 aromatic rings. The Balaban J connectivity index is 1.53. The summed E-state index contributed by atoms with van der Waals surface area (Å²) >= 11 is 0. The molecule has 154 valence electrons. The van der Waals surface area contributed by atoms with Crippen LogP contribution in [-0.4, -0.2) is 46.8 Å². The normalized spacial score (nSPS) is 17.9.